The van der Waals surface area contributed by atoms with Gasteiger partial charge in [0.05, 0.1) is 5.54 Å². The van der Waals surface area contributed by atoms with Crippen molar-refractivity contribution in [2.24, 2.45) is 0 Å². The van der Waals surface area contributed by atoms with Crippen LogP contribution in [0.4, 0.5) is 0 Å². The van der Waals surface area contributed by atoms with Gasteiger partial charge < -0.3 is 10.6 Å². The SMILES string of the molecule is CC(C)(C)n1nnnc1Cl.C[C@@H]1CNCCN1. The molecule has 1 aromatic rings. The summed E-state index contributed by atoms with van der Waals surface area (Å²) in [6.07, 6.45) is 0. The predicted molar refractivity (Wildman–Crippen MR) is 68.2 cm³/mol. The maximum Gasteiger partial charge on any atom is 0.243 e. The van der Waals surface area contributed by atoms with Crippen molar-refractivity contribution < 1.29 is 0 Å². The maximum atomic E-state index is 5.65. The molecule has 6 nitrogen and oxygen atoms in total. The van der Waals surface area contributed by atoms with E-state index in [1.54, 1.807) is 4.68 Å². The molecule has 17 heavy (non-hydrogen) atoms. The molecule has 0 aliphatic carbocycles. The van der Waals surface area contributed by atoms with Gasteiger partial charge in [0.15, 0.2) is 0 Å². The highest BCUT2D eigenvalue weighted by Crippen LogP contribution is 2.15. The molecule has 1 atom stereocenters. The third kappa shape index (κ3) is 4.97. The van der Waals surface area contributed by atoms with E-state index in [0.29, 0.717) is 11.3 Å². The average molecular weight is 261 g/mol. The number of nitrogens with one attached hydrogen (secondary N) is 2. The summed E-state index contributed by atoms with van der Waals surface area (Å²) in [7, 11) is 0. The molecule has 0 aromatic carbocycles. The molecule has 2 heterocycles. The van der Waals surface area contributed by atoms with Crippen molar-refractivity contribution in [2.75, 3.05) is 19.6 Å². The van der Waals surface area contributed by atoms with Crippen molar-refractivity contribution in [2.45, 2.75) is 39.3 Å². The lowest BCUT2D eigenvalue weighted by molar-refractivity contribution is 0.347. The van der Waals surface area contributed by atoms with Gasteiger partial charge in [-0.2, -0.15) is 0 Å². The Morgan fingerprint density at radius 3 is 2.29 bits per heavy atom. The molecule has 0 amide bonds. The minimum atomic E-state index is -0.138. The number of nitrogens with zero attached hydrogens (tertiary/aromatic N) is 4. The second-order valence-corrected chi connectivity index (χ2v) is 5.43. The van der Waals surface area contributed by atoms with Crippen molar-refractivity contribution in [1.82, 2.24) is 30.8 Å². The van der Waals surface area contributed by atoms with Crippen LogP contribution < -0.4 is 10.6 Å². The van der Waals surface area contributed by atoms with Crippen molar-refractivity contribution in [1.29, 1.82) is 0 Å². The van der Waals surface area contributed by atoms with Crippen molar-refractivity contribution in [3.8, 4) is 0 Å². The van der Waals surface area contributed by atoms with Crippen LogP contribution in [-0.4, -0.2) is 45.9 Å². The summed E-state index contributed by atoms with van der Waals surface area (Å²) in [5, 5.41) is 17.6. The molecule has 2 N–H and O–H groups in total. The fourth-order valence-corrected chi connectivity index (χ4v) is 1.71. The van der Waals surface area contributed by atoms with Crippen LogP contribution in [0.1, 0.15) is 27.7 Å². The summed E-state index contributed by atoms with van der Waals surface area (Å²) in [6.45, 7) is 11.5. The molecule has 0 unspecified atom stereocenters. The van der Waals surface area contributed by atoms with E-state index in [2.05, 4.69) is 33.1 Å². The molecule has 0 radical (unpaired) electrons. The molecule has 7 heteroatoms. The van der Waals surface area contributed by atoms with Gasteiger partial charge in [0, 0.05) is 25.7 Å². The molecular weight excluding hydrogens is 240 g/mol. The fraction of sp³-hybridized carbons (Fsp3) is 0.900. The zero-order chi connectivity index (χ0) is 12.9. The van der Waals surface area contributed by atoms with E-state index in [0.717, 1.165) is 19.6 Å². The van der Waals surface area contributed by atoms with Crippen LogP contribution in [0.25, 0.3) is 0 Å². The minimum Gasteiger partial charge on any atom is -0.314 e. The Morgan fingerprint density at radius 1 is 1.35 bits per heavy atom. The second-order valence-electron chi connectivity index (χ2n) is 5.09. The van der Waals surface area contributed by atoms with Crippen LogP contribution in [0.5, 0.6) is 0 Å². The lowest BCUT2D eigenvalue weighted by Gasteiger charge is -2.19. The number of rotatable bonds is 0. The molecule has 0 bridgehead atoms. The Labute approximate surface area is 107 Å². The quantitative estimate of drug-likeness (QED) is 0.717. The first-order valence-corrected chi connectivity index (χ1v) is 6.17. The normalized spacial score (nSPS) is 20.6. The van der Waals surface area contributed by atoms with E-state index in [1.807, 2.05) is 20.8 Å². The molecule has 2 rings (SSSR count). The molecule has 1 aromatic heterocycles. The molecular formula is C10H21ClN6. The first kappa shape index (κ1) is 14.3. The second kappa shape index (κ2) is 6.28. The number of tetrazole rings is 1. The van der Waals surface area contributed by atoms with Crippen LogP contribution in [0.3, 0.4) is 0 Å². The first-order valence-electron chi connectivity index (χ1n) is 5.79. The maximum absolute atomic E-state index is 5.65. The summed E-state index contributed by atoms with van der Waals surface area (Å²) in [6, 6.07) is 0.675. The zero-order valence-electron chi connectivity index (χ0n) is 10.9. The number of piperazine rings is 1. The predicted octanol–water partition coefficient (Wildman–Crippen LogP) is 0.649. The van der Waals surface area contributed by atoms with Crippen LogP contribution in [-0.2, 0) is 5.54 Å². The van der Waals surface area contributed by atoms with E-state index in [1.165, 1.54) is 0 Å². The zero-order valence-corrected chi connectivity index (χ0v) is 11.6. The van der Waals surface area contributed by atoms with E-state index in [9.17, 15) is 0 Å². The first-order chi connectivity index (χ1) is 7.91. The van der Waals surface area contributed by atoms with Gasteiger partial charge in [-0.1, -0.05) is 5.10 Å². The molecule has 1 saturated heterocycles. The molecule has 98 valence electrons. The van der Waals surface area contributed by atoms with Gasteiger partial charge in [0.25, 0.3) is 0 Å². The summed E-state index contributed by atoms with van der Waals surface area (Å²) in [5.74, 6) is 0. The average Bonchev–Trinajstić information content (AvgIpc) is 2.66. The lowest BCUT2D eigenvalue weighted by atomic mass is 10.1. The van der Waals surface area contributed by atoms with Gasteiger partial charge in [-0.05, 0) is 49.7 Å². The Morgan fingerprint density at radius 2 is 2.06 bits per heavy atom. The molecule has 1 aliphatic rings. The molecule has 0 saturated carbocycles. The van der Waals surface area contributed by atoms with Gasteiger partial charge in [-0.25, -0.2) is 4.68 Å². The Balaban J connectivity index is 0.000000181. The van der Waals surface area contributed by atoms with Gasteiger partial charge in [-0.3, -0.25) is 0 Å². The fourth-order valence-electron chi connectivity index (χ4n) is 1.38. The highest BCUT2D eigenvalue weighted by atomic mass is 35.5. The number of hydrogen-bond acceptors (Lipinski definition) is 5. The van der Waals surface area contributed by atoms with Crippen LogP contribution in [0.2, 0.25) is 5.28 Å². The Kier molecular flexibility index (Phi) is 5.30. The largest absolute Gasteiger partial charge is 0.314 e. The Hall–Kier alpha value is -0.720. The van der Waals surface area contributed by atoms with E-state index >= 15 is 0 Å². The number of halogens is 1. The van der Waals surface area contributed by atoms with Gasteiger partial charge in [0.2, 0.25) is 5.28 Å². The summed E-state index contributed by atoms with van der Waals surface area (Å²) < 4.78 is 1.56. The monoisotopic (exact) mass is 260 g/mol. The summed E-state index contributed by atoms with van der Waals surface area (Å²) in [4.78, 5) is 0. The number of aromatic nitrogens is 4. The third-order valence-corrected chi connectivity index (χ3v) is 2.55. The topological polar surface area (TPSA) is 67.7 Å². The van der Waals surface area contributed by atoms with E-state index in [4.69, 9.17) is 11.6 Å². The van der Waals surface area contributed by atoms with Crippen molar-refractivity contribution in [3.63, 3.8) is 0 Å². The van der Waals surface area contributed by atoms with Gasteiger partial charge in [-0.15, -0.1) is 0 Å². The smallest absolute Gasteiger partial charge is 0.243 e. The standard InChI is InChI=1S/C5H9ClN4.C5H12N2/c1-5(2,3)10-4(6)7-8-9-10;1-5-4-6-2-3-7-5/h1-3H3;5-7H,2-4H2,1H3/t;5-/m.1/s1. The van der Waals surface area contributed by atoms with E-state index < -0.39 is 0 Å². The van der Waals surface area contributed by atoms with Crippen LogP contribution in [0, 0.1) is 0 Å². The van der Waals surface area contributed by atoms with Crippen LogP contribution >= 0.6 is 11.6 Å². The number of hydrogen-bond donors (Lipinski definition) is 2. The van der Waals surface area contributed by atoms with E-state index in [-0.39, 0.29) is 5.54 Å². The summed E-state index contributed by atoms with van der Waals surface area (Å²) in [5.41, 5.74) is -0.138. The van der Waals surface area contributed by atoms with Crippen molar-refractivity contribution in [3.05, 3.63) is 5.28 Å². The third-order valence-electron chi connectivity index (χ3n) is 2.31. The molecule has 1 fully saturated rings. The lowest BCUT2D eigenvalue weighted by Crippen LogP contribution is -2.46. The summed E-state index contributed by atoms with van der Waals surface area (Å²) >= 11 is 5.65. The van der Waals surface area contributed by atoms with Crippen molar-refractivity contribution >= 4 is 11.6 Å². The van der Waals surface area contributed by atoms with Gasteiger partial charge >= 0.3 is 0 Å². The highest BCUT2D eigenvalue weighted by molar-refractivity contribution is 6.28. The van der Waals surface area contributed by atoms with Gasteiger partial charge in [0.1, 0.15) is 0 Å². The molecule has 0 spiro atoms. The van der Waals surface area contributed by atoms with Crippen LogP contribution in [0.15, 0.2) is 0 Å². The molecule has 1 aliphatic heterocycles. The highest BCUT2D eigenvalue weighted by Gasteiger charge is 2.17. The minimum absolute atomic E-state index is 0.138. The Bertz CT molecular complexity index is 326.